The molecule has 0 aromatic heterocycles. The van der Waals surface area contributed by atoms with Crippen molar-refractivity contribution in [1.82, 2.24) is 5.43 Å². The van der Waals surface area contributed by atoms with E-state index in [1.807, 2.05) is 25.1 Å². The summed E-state index contributed by atoms with van der Waals surface area (Å²) < 4.78 is 5.90. The van der Waals surface area contributed by atoms with Gasteiger partial charge >= 0.3 is 0 Å². The average Bonchev–Trinajstić information content (AvgIpc) is 2.52. The molecule has 0 spiro atoms. The Hall–Kier alpha value is -1.55. The number of rotatable bonds is 3. The molecule has 0 saturated heterocycles. The van der Waals surface area contributed by atoms with Gasteiger partial charge in [-0.05, 0) is 42.5 Å². The van der Waals surface area contributed by atoms with E-state index in [2.05, 4.69) is 23.6 Å². The van der Waals surface area contributed by atoms with Crippen LogP contribution in [0.25, 0.3) is 0 Å². The molecule has 0 saturated carbocycles. The van der Waals surface area contributed by atoms with Crippen LogP contribution in [-0.2, 0) is 6.42 Å². The van der Waals surface area contributed by atoms with Crippen molar-refractivity contribution in [1.29, 1.82) is 0 Å². The molecule has 0 amide bonds. The summed E-state index contributed by atoms with van der Waals surface area (Å²) in [4.78, 5) is 0. The SMILES string of the molecule is Cc1c(Cl)cccc1C(NN)c1cccc2c1OCCC2. The summed E-state index contributed by atoms with van der Waals surface area (Å²) in [5, 5.41) is 0.749. The molecular weight excluding hydrogens is 284 g/mol. The molecule has 110 valence electrons. The van der Waals surface area contributed by atoms with Crippen molar-refractivity contribution < 1.29 is 4.74 Å². The first-order chi connectivity index (χ1) is 10.2. The van der Waals surface area contributed by atoms with Gasteiger partial charge in [0.05, 0.1) is 12.6 Å². The maximum atomic E-state index is 6.25. The number of para-hydroxylation sites is 1. The molecule has 4 heteroatoms. The van der Waals surface area contributed by atoms with Crippen LogP contribution in [0.3, 0.4) is 0 Å². The van der Waals surface area contributed by atoms with Gasteiger partial charge in [0.25, 0.3) is 0 Å². The third-order valence-electron chi connectivity index (χ3n) is 4.06. The molecular formula is C17H19ClN2O. The van der Waals surface area contributed by atoms with Crippen LogP contribution >= 0.6 is 11.6 Å². The molecule has 1 atom stereocenters. The van der Waals surface area contributed by atoms with Gasteiger partial charge in [-0.25, -0.2) is 5.43 Å². The maximum absolute atomic E-state index is 6.25. The summed E-state index contributed by atoms with van der Waals surface area (Å²) >= 11 is 6.25. The first-order valence-corrected chi connectivity index (χ1v) is 7.56. The van der Waals surface area contributed by atoms with Gasteiger partial charge in [0.2, 0.25) is 0 Å². The monoisotopic (exact) mass is 302 g/mol. The highest BCUT2D eigenvalue weighted by Gasteiger charge is 2.23. The lowest BCUT2D eigenvalue weighted by atomic mass is 9.92. The van der Waals surface area contributed by atoms with Crippen LogP contribution < -0.4 is 16.0 Å². The zero-order valence-electron chi connectivity index (χ0n) is 12.0. The van der Waals surface area contributed by atoms with Gasteiger partial charge in [0.1, 0.15) is 5.75 Å². The summed E-state index contributed by atoms with van der Waals surface area (Å²) in [5.74, 6) is 6.80. The summed E-state index contributed by atoms with van der Waals surface area (Å²) in [6.45, 7) is 2.77. The molecule has 2 aromatic carbocycles. The number of nitrogens with two attached hydrogens (primary N) is 1. The Morgan fingerprint density at radius 1 is 1.19 bits per heavy atom. The second kappa shape index (κ2) is 6.06. The number of hydrogen-bond acceptors (Lipinski definition) is 3. The lowest BCUT2D eigenvalue weighted by Gasteiger charge is -2.26. The van der Waals surface area contributed by atoms with Gasteiger partial charge in [0, 0.05) is 10.6 Å². The third-order valence-corrected chi connectivity index (χ3v) is 4.47. The molecule has 1 unspecified atom stereocenters. The van der Waals surface area contributed by atoms with Gasteiger partial charge in [-0.15, -0.1) is 0 Å². The Morgan fingerprint density at radius 3 is 2.76 bits per heavy atom. The van der Waals surface area contributed by atoms with Gasteiger partial charge in [-0.3, -0.25) is 5.84 Å². The van der Waals surface area contributed by atoms with Crippen LogP contribution in [0.2, 0.25) is 5.02 Å². The summed E-state index contributed by atoms with van der Waals surface area (Å²) in [6, 6.07) is 12.0. The fourth-order valence-corrected chi connectivity index (χ4v) is 3.11. The number of hydrogen-bond donors (Lipinski definition) is 2. The third kappa shape index (κ3) is 2.64. The predicted molar refractivity (Wildman–Crippen MR) is 85.6 cm³/mol. The fraction of sp³-hybridized carbons (Fsp3) is 0.294. The molecule has 1 aliphatic heterocycles. The Bertz CT molecular complexity index is 657. The maximum Gasteiger partial charge on any atom is 0.127 e. The number of fused-ring (bicyclic) bond motifs is 1. The molecule has 0 radical (unpaired) electrons. The molecule has 0 fully saturated rings. The molecule has 1 aliphatic rings. The fourth-order valence-electron chi connectivity index (χ4n) is 2.93. The van der Waals surface area contributed by atoms with Crippen molar-refractivity contribution in [2.24, 2.45) is 5.84 Å². The van der Waals surface area contributed by atoms with Gasteiger partial charge < -0.3 is 4.74 Å². The quantitative estimate of drug-likeness (QED) is 0.673. The minimum absolute atomic E-state index is 0.128. The van der Waals surface area contributed by atoms with E-state index in [0.29, 0.717) is 0 Å². The molecule has 3 nitrogen and oxygen atoms in total. The standard InChI is InChI=1S/C17H19ClN2O/c1-11-13(7-3-9-15(11)18)16(20-19)14-8-2-5-12-6-4-10-21-17(12)14/h2-3,5,7-9,16,20H,4,6,10,19H2,1H3. The second-order valence-corrected chi connectivity index (χ2v) is 5.75. The topological polar surface area (TPSA) is 47.3 Å². The molecule has 0 aliphatic carbocycles. The number of halogens is 1. The molecule has 21 heavy (non-hydrogen) atoms. The lowest BCUT2D eigenvalue weighted by molar-refractivity contribution is 0.283. The first-order valence-electron chi connectivity index (χ1n) is 7.18. The van der Waals surface area contributed by atoms with E-state index in [9.17, 15) is 0 Å². The Balaban J connectivity index is 2.11. The molecule has 2 aromatic rings. The average molecular weight is 303 g/mol. The summed E-state index contributed by atoms with van der Waals surface area (Å²) in [6.07, 6.45) is 2.11. The van der Waals surface area contributed by atoms with Crippen LogP contribution in [0.5, 0.6) is 5.75 Å². The lowest BCUT2D eigenvalue weighted by Crippen LogP contribution is -2.30. The first kappa shape index (κ1) is 14.4. The highest BCUT2D eigenvalue weighted by atomic mass is 35.5. The zero-order chi connectivity index (χ0) is 14.8. The highest BCUT2D eigenvalue weighted by Crippen LogP contribution is 2.37. The van der Waals surface area contributed by atoms with Gasteiger partial charge in [-0.1, -0.05) is 41.9 Å². The van der Waals surface area contributed by atoms with Crippen molar-refractivity contribution in [2.45, 2.75) is 25.8 Å². The molecule has 3 rings (SSSR count). The summed E-state index contributed by atoms with van der Waals surface area (Å²) in [7, 11) is 0. The van der Waals surface area contributed by atoms with E-state index < -0.39 is 0 Å². The minimum Gasteiger partial charge on any atom is -0.493 e. The van der Waals surface area contributed by atoms with Crippen LogP contribution in [0.15, 0.2) is 36.4 Å². The normalized spacial score (nSPS) is 15.2. The highest BCUT2D eigenvalue weighted by molar-refractivity contribution is 6.31. The number of hydrazine groups is 1. The smallest absolute Gasteiger partial charge is 0.127 e. The van der Waals surface area contributed by atoms with E-state index in [1.54, 1.807) is 0 Å². The molecule has 1 heterocycles. The molecule has 0 bridgehead atoms. The summed E-state index contributed by atoms with van der Waals surface area (Å²) in [5.41, 5.74) is 7.35. The van der Waals surface area contributed by atoms with E-state index in [1.165, 1.54) is 5.56 Å². The van der Waals surface area contributed by atoms with Crippen molar-refractivity contribution in [3.8, 4) is 5.75 Å². The minimum atomic E-state index is -0.128. The van der Waals surface area contributed by atoms with E-state index >= 15 is 0 Å². The Labute approximate surface area is 130 Å². The van der Waals surface area contributed by atoms with Crippen molar-refractivity contribution in [2.75, 3.05) is 6.61 Å². The molecule has 3 N–H and O–H groups in total. The van der Waals surface area contributed by atoms with Gasteiger partial charge in [-0.2, -0.15) is 0 Å². The van der Waals surface area contributed by atoms with Crippen LogP contribution in [0.1, 0.15) is 34.7 Å². The van der Waals surface area contributed by atoms with E-state index in [0.717, 1.165) is 46.9 Å². The zero-order valence-corrected chi connectivity index (χ0v) is 12.8. The number of ether oxygens (including phenoxy) is 1. The van der Waals surface area contributed by atoms with Crippen molar-refractivity contribution in [3.05, 3.63) is 63.7 Å². The number of aryl methyl sites for hydroxylation is 1. The van der Waals surface area contributed by atoms with Crippen molar-refractivity contribution >= 4 is 11.6 Å². The number of benzene rings is 2. The largest absolute Gasteiger partial charge is 0.493 e. The van der Waals surface area contributed by atoms with E-state index in [-0.39, 0.29) is 6.04 Å². The van der Waals surface area contributed by atoms with Crippen LogP contribution in [0.4, 0.5) is 0 Å². The predicted octanol–water partition coefficient (Wildman–Crippen LogP) is 3.53. The van der Waals surface area contributed by atoms with Crippen LogP contribution in [-0.4, -0.2) is 6.61 Å². The Kier molecular flexibility index (Phi) is 4.15. The van der Waals surface area contributed by atoms with Crippen molar-refractivity contribution in [3.63, 3.8) is 0 Å². The van der Waals surface area contributed by atoms with E-state index in [4.69, 9.17) is 22.2 Å². The second-order valence-electron chi connectivity index (χ2n) is 5.34. The Morgan fingerprint density at radius 2 is 1.95 bits per heavy atom. The van der Waals surface area contributed by atoms with Crippen LogP contribution in [0, 0.1) is 6.92 Å². The number of nitrogens with one attached hydrogen (secondary N) is 1. The van der Waals surface area contributed by atoms with Gasteiger partial charge in [0.15, 0.2) is 0 Å².